The molecule has 4 rings (SSSR count). The van der Waals surface area contributed by atoms with E-state index in [0.29, 0.717) is 34.8 Å². The molecule has 0 fully saturated rings. The van der Waals surface area contributed by atoms with Crippen molar-refractivity contribution in [2.24, 2.45) is 4.99 Å². The molecular formula is C25H17BrFI2NO4. The highest BCUT2D eigenvalue weighted by atomic mass is 127. The molecule has 0 aromatic heterocycles. The molecule has 1 heterocycles. The van der Waals surface area contributed by atoms with Gasteiger partial charge in [-0.05, 0) is 116 Å². The van der Waals surface area contributed by atoms with Crippen molar-refractivity contribution in [1.29, 1.82) is 0 Å². The van der Waals surface area contributed by atoms with Crippen LogP contribution < -0.4 is 9.47 Å². The summed E-state index contributed by atoms with van der Waals surface area (Å²) in [6.45, 7) is 2.34. The molecule has 1 aliphatic rings. The number of carbonyl (C=O) groups excluding carboxylic acids is 1. The average Bonchev–Trinajstić information content (AvgIpc) is 3.16. The summed E-state index contributed by atoms with van der Waals surface area (Å²) in [7, 11) is 0. The third-order valence-corrected chi connectivity index (χ3v) is 7.89. The molecule has 174 valence electrons. The number of hydrogen-bond acceptors (Lipinski definition) is 5. The van der Waals surface area contributed by atoms with Crippen LogP contribution in [0, 0.1) is 13.0 Å². The van der Waals surface area contributed by atoms with E-state index in [1.165, 1.54) is 6.07 Å². The van der Waals surface area contributed by atoms with E-state index < -0.39 is 5.97 Å². The molecule has 0 amide bonds. The zero-order valence-corrected chi connectivity index (χ0v) is 23.7. The Kier molecular flexibility index (Phi) is 8.25. The third-order valence-electron chi connectivity index (χ3n) is 4.75. The van der Waals surface area contributed by atoms with Crippen molar-refractivity contribution in [3.63, 3.8) is 0 Å². The topological polar surface area (TPSA) is 57.1 Å². The van der Waals surface area contributed by atoms with Crippen LogP contribution in [0.25, 0.3) is 6.08 Å². The SMILES string of the molecule is CCOc1cc(/C=C2\N=C(c3ccc(I)c(Br)c3)OC2=O)cc(I)c1OCc1ccccc1F. The molecule has 3 aromatic rings. The number of cyclic esters (lactones) is 1. The Bertz CT molecular complexity index is 1330. The summed E-state index contributed by atoms with van der Waals surface area (Å²) in [5.41, 5.74) is 2.03. The van der Waals surface area contributed by atoms with Crippen molar-refractivity contribution < 1.29 is 23.4 Å². The number of benzene rings is 3. The van der Waals surface area contributed by atoms with Crippen LogP contribution >= 0.6 is 61.1 Å². The van der Waals surface area contributed by atoms with Gasteiger partial charge in [0.2, 0.25) is 5.90 Å². The van der Waals surface area contributed by atoms with Crippen LogP contribution in [0.1, 0.15) is 23.6 Å². The van der Waals surface area contributed by atoms with Crippen LogP contribution in [-0.2, 0) is 16.1 Å². The smallest absolute Gasteiger partial charge is 0.363 e. The fourth-order valence-electron chi connectivity index (χ4n) is 3.16. The molecular weight excluding hydrogens is 731 g/mol. The fraction of sp³-hybridized carbons (Fsp3) is 0.120. The van der Waals surface area contributed by atoms with Crippen LogP contribution in [-0.4, -0.2) is 18.5 Å². The Balaban J connectivity index is 1.62. The zero-order valence-electron chi connectivity index (χ0n) is 17.8. The number of esters is 1. The van der Waals surface area contributed by atoms with E-state index in [1.807, 2.05) is 31.2 Å². The minimum Gasteiger partial charge on any atom is -0.490 e. The van der Waals surface area contributed by atoms with Gasteiger partial charge in [0.25, 0.3) is 0 Å². The standard InChI is InChI=1S/C25H17BrFI2NO4/c1-2-32-22-11-14(9-20(29)23(22)33-13-16-5-3-4-6-18(16)27)10-21-25(31)34-24(30-21)15-7-8-19(28)17(26)12-15/h3-12H,2,13H2,1H3/b21-10-. The van der Waals surface area contributed by atoms with E-state index in [-0.39, 0.29) is 24.0 Å². The van der Waals surface area contributed by atoms with Crippen molar-refractivity contribution in [2.75, 3.05) is 6.61 Å². The van der Waals surface area contributed by atoms with Gasteiger partial charge in [-0.3, -0.25) is 0 Å². The van der Waals surface area contributed by atoms with Gasteiger partial charge in [0.1, 0.15) is 12.4 Å². The van der Waals surface area contributed by atoms with Gasteiger partial charge in [0, 0.05) is 19.2 Å². The van der Waals surface area contributed by atoms with E-state index in [2.05, 4.69) is 66.1 Å². The molecule has 3 aromatic carbocycles. The summed E-state index contributed by atoms with van der Waals surface area (Å²) < 4.78 is 33.7. The number of aliphatic imine (C=N–C) groups is 1. The highest BCUT2D eigenvalue weighted by Crippen LogP contribution is 2.36. The Morgan fingerprint density at radius 2 is 1.88 bits per heavy atom. The first kappa shape index (κ1) is 25.1. The van der Waals surface area contributed by atoms with E-state index in [0.717, 1.165) is 11.6 Å². The first-order valence-electron chi connectivity index (χ1n) is 10.2. The van der Waals surface area contributed by atoms with Crippen LogP contribution in [0.4, 0.5) is 4.39 Å². The van der Waals surface area contributed by atoms with Crippen LogP contribution in [0.5, 0.6) is 11.5 Å². The molecule has 0 aliphatic carbocycles. The Morgan fingerprint density at radius 1 is 1.09 bits per heavy atom. The molecule has 0 spiro atoms. The molecule has 0 N–H and O–H groups in total. The lowest BCUT2D eigenvalue weighted by atomic mass is 10.1. The maximum Gasteiger partial charge on any atom is 0.363 e. The second kappa shape index (κ2) is 11.2. The van der Waals surface area contributed by atoms with Crippen molar-refractivity contribution in [1.82, 2.24) is 0 Å². The van der Waals surface area contributed by atoms with E-state index in [1.54, 1.807) is 30.3 Å². The van der Waals surface area contributed by atoms with Gasteiger partial charge in [-0.2, -0.15) is 0 Å². The average molecular weight is 748 g/mol. The summed E-state index contributed by atoms with van der Waals surface area (Å²) in [5.74, 6) is 0.394. The highest BCUT2D eigenvalue weighted by Gasteiger charge is 2.25. The van der Waals surface area contributed by atoms with Crippen molar-refractivity contribution in [2.45, 2.75) is 13.5 Å². The molecule has 0 radical (unpaired) electrons. The van der Waals surface area contributed by atoms with Gasteiger partial charge in [0.05, 0.1) is 10.2 Å². The number of hydrogen-bond donors (Lipinski definition) is 0. The number of nitrogens with zero attached hydrogens (tertiary/aromatic N) is 1. The fourth-order valence-corrected chi connectivity index (χ4v) is 4.65. The summed E-state index contributed by atoms with van der Waals surface area (Å²) in [6.07, 6.45) is 1.64. The van der Waals surface area contributed by atoms with Gasteiger partial charge in [-0.15, -0.1) is 0 Å². The molecule has 0 saturated carbocycles. The Labute approximate surface area is 231 Å². The van der Waals surface area contributed by atoms with E-state index in [9.17, 15) is 9.18 Å². The summed E-state index contributed by atoms with van der Waals surface area (Å²) >= 11 is 7.82. The van der Waals surface area contributed by atoms with Crippen molar-refractivity contribution >= 4 is 79.1 Å². The molecule has 34 heavy (non-hydrogen) atoms. The molecule has 5 nitrogen and oxygen atoms in total. The van der Waals surface area contributed by atoms with Crippen LogP contribution in [0.15, 0.2) is 69.8 Å². The molecule has 0 saturated heterocycles. The van der Waals surface area contributed by atoms with Gasteiger partial charge >= 0.3 is 5.97 Å². The summed E-state index contributed by atoms with van der Waals surface area (Å²) in [5, 5.41) is 0. The van der Waals surface area contributed by atoms with Crippen LogP contribution in [0.3, 0.4) is 0 Å². The summed E-state index contributed by atoms with van der Waals surface area (Å²) in [4.78, 5) is 16.8. The first-order chi connectivity index (χ1) is 16.4. The van der Waals surface area contributed by atoms with Gasteiger partial charge in [-0.1, -0.05) is 18.2 Å². The quantitative estimate of drug-likeness (QED) is 0.147. The maximum atomic E-state index is 14.0. The number of halogens is 4. The molecule has 0 bridgehead atoms. The van der Waals surface area contributed by atoms with Gasteiger partial charge < -0.3 is 14.2 Å². The first-order valence-corrected chi connectivity index (χ1v) is 13.1. The van der Waals surface area contributed by atoms with Crippen molar-refractivity contribution in [3.05, 3.63) is 94.4 Å². The van der Waals surface area contributed by atoms with Crippen LogP contribution in [0.2, 0.25) is 0 Å². The minimum atomic E-state index is -0.530. The predicted molar refractivity (Wildman–Crippen MR) is 149 cm³/mol. The Morgan fingerprint density at radius 3 is 2.62 bits per heavy atom. The lowest BCUT2D eigenvalue weighted by Gasteiger charge is -2.15. The molecule has 0 unspecified atom stereocenters. The normalized spacial score (nSPS) is 14.2. The number of ether oxygens (including phenoxy) is 3. The predicted octanol–water partition coefficient (Wildman–Crippen LogP) is 7.12. The lowest BCUT2D eigenvalue weighted by molar-refractivity contribution is -0.129. The molecule has 1 aliphatic heterocycles. The Hall–Kier alpha value is -1.99. The molecule has 0 atom stereocenters. The largest absolute Gasteiger partial charge is 0.490 e. The number of carbonyl (C=O) groups is 1. The number of rotatable bonds is 7. The van der Waals surface area contributed by atoms with Gasteiger partial charge in [0.15, 0.2) is 17.2 Å². The van der Waals surface area contributed by atoms with Gasteiger partial charge in [-0.25, -0.2) is 14.2 Å². The van der Waals surface area contributed by atoms with Crippen molar-refractivity contribution in [3.8, 4) is 11.5 Å². The monoisotopic (exact) mass is 747 g/mol. The maximum absolute atomic E-state index is 14.0. The minimum absolute atomic E-state index is 0.0642. The lowest BCUT2D eigenvalue weighted by Crippen LogP contribution is -2.05. The zero-order chi connectivity index (χ0) is 24.2. The summed E-state index contributed by atoms with van der Waals surface area (Å²) in [6, 6.07) is 15.7. The third kappa shape index (κ3) is 5.80. The van der Waals surface area contributed by atoms with E-state index >= 15 is 0 Å². The molecule has 9 heteroatoms. The highest BCUT2D eigenvalue weighted by molar-refractivity contribution is 14.1. The van der Waals surface area contributed by atoms with E-state index in [4.69, 9.17) is 14.2 Å². The second-order valence-electron chi connectivity index (χ2n) is 7.11. The second-order valence-corrected chi connectivity index (χ2v) is 10.3.